The number of pyridine rings is 1. The van der Waals surface area contributed by atoms with Gasteiger partial charge in [0.25, 0.3) is 0 Å². The molecule has 2 aromatic heterocycles. The van der Waals surface area contributed by atoms with E-state index in [4.69, 9.17) is 4.74 Å². The fourth-order valence-electron chi connectivity index (χ4n) is 3.03. The van der Waals surface area contributed by atoms with Gasteiger partial charge in [-0.3, -0.25) is 14.3 Å². The maximum absolute atomic E-state index is 12.3. The number of ether oxygens (including phenoxy) is 1. The Morgan fingerprint density at radius 3 is 2.59 bits per heavy atom. The maximum atomic E-state index is 12.3. The van der Waals surface area contributed by atoms with Gasteiger partial charge in [-0.2, -0.15) is 0 Å². The van der Waals surface area contributed by atoms with E-state index in [9.17, 15) is 4.79 Å². The third kappa shape index (κ3) is 5.53. The first-order chi connectivity index (χ1) is 15.7. The molecule has 8 heteroatoms. The van der Waals surface area contributed by atoms with Gasteiger partial charge in [-0.25, -0.2) is 0 Å². The van der Waals surface area contributed by atoms with Crippen LogP contribution in [0.1, 0.15) is 5.56 Å². The zero-order valence-electron chi connectivity index (χ0n) is 17.6. The van der Waals surface area contributed by atoms with Gasteiger partial charge in [0.05, 0.1) is 12.3 Å². The monoisotopic (exact) mass is 445 g/mol. The van der Waals surface area contributed by atoms with Crippen LogP contribution in [0.2, 0.25) is 0 Å². The number of hydrogen-bond donors (Lipinski definition) is 1. The first-order valence-corrected chi connectivity index (χ1v) is 11.2. The molecule has 4 aromatic rings. The Morgan fingerprint density at radius 1 is 1.03 bits per heavy atom. The maximum Gasteiger partial charge on any atom is 0.230 e. The quantitative estimate of drug-likeness (QED) is 0.311. The van der Waals surface area contributed by atoms with Crippen LogP contribution in [0.4, 0.5) is 0 Å². The van der Waals surface area contributed by atoms with Crippen molar-refractivity contribution in [2.24, 2.45) is 0 Å². The van der Waals surface area contributed by atoms with Crippen LogP contribution in [0, 0.1) is 6.92 Å². The van der Waals surface area contributed by atoms with Gasteiger partial charge < -0.3 is 10.1 Å². The molecule has 0 saturated carbocycles. The summed E-state index contributed by atoms with van der Waals surface area (Å²) in [5, 5.41) is 12.2. The standard InChI is InChI=1S/C24H23N5O2S/c1-18-9-11-21(12-10-18)31-15-14-26-22(30)17-32-24-28-27-23(19-6-5-13-25-16-19)29(24)20-7-3-2-4-8-20/h2-13,16H,14-15,17H2,1H3,(H,26,30). The minimum absolute atomic E-state index is 0.0898. The highest BCUT2D eigenvalue weighted by Gasteiger charge is 2.17. The summed E-state index contributed by atoms with van der Waals surface area (Å²) < 4.78 is 7.59. The van der Waals surface area contributed by atoms with Crippen LogP contribution in [0.25, 0.3) is 17.1 Å². The molecule has 32 heavy (non-hydrogen) atoms. The van der Waals surface area contributed by atoms with E-state index in [0.717, 1.165) is 17.0 Å². The fourth-order valence-corrected chi connectivity index (χ4v) is 3.81. The third-order valence-electron chi connectivity index (χ3n) is 4.61. The van der Waals surface area contributed by atoms with Crippen LogP contribution >= 0.6 is 11.8 Å². The zero-order chi connectivity index (χ0) is 22.2. The average Bonchev–Trinajstić information content (AvgIpc) is 3.27. The lowest BCUT2D eigenvalue weighted by atomic mass is 10.2. The molecule has 0 saturated heterocycles. The number of carbonyl (C=O) groups is 1. The van der Waals surface area contributed by atoms with Crippen LogP contribution in [0.15, 0.2) is 84.3 Å². The topological polar surface area (TPSA) is 81.9 Å². The van der Waals surface area contributed by atoms with Crippen molar-refractivity contribution in [3.05, 3.63) is 84.7 Å². The Kier molecular flexibility index (Phi) is 7.14. The first-order valence-electron chi connectivity index (χ1n) is 10.2. The second-order valence-electron chi connectivity index (χ2n) is 7.02. The van der Waals surface area contributed by atoms with Gasteiger partial charge in [-0.15, -0.1) is 10.2 Å². The number of rotatable bonds is 9. The summed E-state index contributed by atoms with van der Waals surface area (Å²) >= 11 is 1.34. The zero-order valence-corrected chi connectivity index (χ0v) is 18.5. The van der Waals surface area contributed by atoms with E-state index < -0.39 is 0 Å². The predicted molar refractivity (Wildman–Crippen MR) is 125 cm³/mol. The number of hydrogen-bond acceptors (Lipinski definition) is 6. The van der Waals surface area contributed by atoms with Crippen molar-refractivity contribution in [2.45, 2.75) is 12.1 Å². The van der Waals surface area contributed by atoms with Gasteiger partial charge in [0.2, 0.25) is 5.91 Å². The average molecular weight is 446 g/mol. The number of aryl methyl sites for hydroxylation is 1. The molecule has 0 aliphatic heterocycles. The molecule has 0 bridgehead atoms. The van der Waals surface area contributed by atoms with Gasteiger partial charge in [0.15, 0.2) is 11.0 Å². The first kappa shape index (κ1) is 21.6. The molecule has 0 atom stereocenters. The molecule has 1 N–H and O–H groups in total. The summed E-state index contributed by atoms with van der Waals surface area (Å²) in [6.07, 6.45) is 3.47. The molecule has 0 fully saturated rings. The van der Waals surface area contributed by atoms with Crippen LogP contribution < -0.4 is 10.1 Å². The molecular weight excluding hydrogens is 422 g/mol. The Labute approximate surface area is 190 Å². The smallest absolute Gasteiger partial charge is 0.230 e. The molecule has 0 aliphatic rings. The minimum atomic E-state index is -0.0898. The Hall–Kier alpha value is -3.65. The molecule has 4 rings (SSSR count). The Bertz CT molecular complexity index is 1150. The van der Waals surface area contributed by atoms with Crippen LogP contribution in [-0.4, -0.2) is 44.6 Å². The number of aromatic nitrogens is 4. The lowest BCUT2D eigenvalue weighted by Gasteiger charge is -2.10. The summed E-state index contributed by atoms with van der Waals surface area (Å²) in [6.45, 7) is 2.87. The molecule has 0 spiro atoms. The number of para-hydroxylation sites is 1. The number of carbonyl (C=O) groups excluding carboxylic acids is 1. The second kappa shape index (κ2) is 10.6. The van der Waals surface area contributed by atoms with Crippen molar-refractivity contribution < 1.29 is 9.53 Å². The number of amides is 1. The van der Waals surface area contributed by atoms with Crippen molar-refractivity contribution in [2.75, 3.05) is 18.9 Å². The Morgan fingerprint density at radius 2 is 1.84 bits per heavy atom. The van der Waals surface area contributed by atoms with Crippen molar-refractivity contribution in [1.82, 2.24) is 25.1 Å². The molecule has 7 nitrogen and oxygen atoms in total. The van der Waals surface area contributed by atoms with E-state index in [0.29, 0.717) is 24.1 Å². The van der Waals surface area contributed by atoms with E-state index in [2.05, 4.69) is 20.5 Å². The summed E-state index contributed by atoms with van der Waals surface area (Å²) in [7, 11) is 0. The van der Waals surface area contributed by atoms with Gasteiger partial charge >= 0.3 is 0 Å². The van der Waals surface area contributed by atoms with Gasteiger partial charge in [0, 0.05) is 23.6 Å². The second-order valence-corrected chi connectivity index (χ2v) is 7.96. The molecule has 0 aliphatic carbocycles. The van der Waals surface area contributed by atoms with Crippen LogP contribution in [0.5, 0.6) is 5.75 Å². The van der Waals surface area contributed by atoms with E-state index in [1.54, 1.807) is 12.4 Å². The highest BCUT2D eigenvalue weighted by molar-refractivity contribution is 7.99. The fraction of sp³-hybridized carbons (Fsp3) is 0.167. The Balaban J connectivity index is 1.37. The van der Waals surface area contributed by atoms with Gasteiger partial charge in [0.1, 0.15) is 12.4 Å². The highest BCUT2D eigenvalue weighted by atomic mass is 32.2. The van der Waals surface area contributed by atoms with Gasteiger partial charge in [-0.1, -0.05) is 47.7 Å². The van der Waals surface area contributed by atoms with Crippen molar-refractivity contribution in [3.63, 3.8) is 0 Å². The molecule has 0 unspecified atom stereocenters. The summed E-state index contributed by atoms with van der Waals surface area (Å²) in [4.78, 5) is 16.5. The highest BCUT2D eigenvalue weighted by Crippen LogP contribution is 2.27. The number of benzene rings is 2. The van der Waals surface area contributed by atoms with Crippen molar-refractivity contribution in [1.29, 1.82) is 0 Å². The van der Waals surface area contributed by atoms with Crippen LogP contribution in [-0.2, 0) is 4.79 Å². The number of thioether (sulfide) groups is 1. The summed E-state index contributed by atoms with van der Waals surface area (Å²) in [6, 6.07) is 21.5. The molecule has 1 amide bonds. The largest absolute Gasteiger partial charge is 0.492 e. The third-order valence-corrected chi connectivity index (χ3v) is 5.54. The SMILES string of the molecule is Cc1ccc(OCCNC(=O)CSc2nnc(-c3cccnc3)n2-c2ccccc2)cc1. The summed E-state index contributed by atoms with van der Waals surface area (Å²) in [5.74, 6) is 1.60. The molecule has 0 radical (unpaired) electrons. The van der Waals surface area contributed by atoms with Crippen LogP contribution in [0.3, 0.4) is 0 Å². The molecular formula is C24H23N5O2S. The lowest BCUT2D eigenvalue weighted by molar-refractivity contribution is -0.118. The van der Waals surface area contributed by atoms with Gasteiger partial charge in [-0.05, 0) is 43.3 Å². The van der Waals surface area contributed by atoms with E-state index >= 15 is 0 Å². The van der Waals surface area contributed by atoms with E-state index in [-0.39, 0.29) is 11.7 Å². The predicted octanol–water partition coefficient (Wildman–Crippen LogP) is 3.93. The lowest BCUT2D eigenvalue weighted by Crippen LogP contribution is -2.29. The van der Waals surface area contributed by atoms with E-state index in [1.165, 1.54) is 17.3 Å². The molecule has 2 heterocycles. The molecule has 162 valence electrons. The van der Waals surface area contributed by atoms with Crippen molar-refractivity contribution in [3.8, 4) is 22.8 Å². The number of nitrogens with zero attached hydrogens (tertiary/aromatic N) is 4. The van der Waals surface area contributed by atoms with E-state index in [1.807, 2.05) is 78.2 Å². The summed E-state index contributed by atoms with van der Waals surface area (Å²) in [5.41, 5.74) is 2.96. The van der Waals surface area contributed by atoms with Crippen molar-refractivity contribution >= 4 is 17.7 Å². The minimum Gasteiger partial charge on any atom is -0.492 e. The normalized spacial score (nSPS) is 10.7. The number of nitrogens with one attached hydrogen (secondary N) is 1. The molecule has 2 aromatic carbocycles.